The van der Waals surface area contributed by atoms with Gasteiger partial charge in [-0.2, -0.15) is 0 Å². The molecule has 0 aliphatic heterocycles. The Kier molecular flexibility index (Phi) is 5.17. The first-order chi connectivity index (χ1) is 11.7. The minimum absolute atomic E-state index is 0.0117. The highest BCUT2D eigenvalue weighted by Gasteiger charge is 2.13. The number of halogens is 1. The smallest absolute Gasteiger partial charge is 0.293 e. The monoisotopic (exact) mass is 387 g/mol. The molecule has 122 valence electrons. The zero-order valence-corrected chi connectivity index (χ0v) is 14.2. The summed E-state index contributed by atoms with van der Waals surface area (Å²) >= 11 is 3.36. The summed E-state index contributed by atoms with van der Waals surface area (Å²) in [7, 11) is 0. The van der Waals surface area contributed by atoms with E-state index in [0.717, 1.165) is 15.9 Å². The quantitative estimate of drug-likeness (QED) is 0.655. The number of nitrogens with one attached hydrogen (secondary N) is 1. The minimum Gasteiger partial charge on any atom is -0.492 e. The van der Waals surface area contributed by atoms with E-state index in [9.17, 15) is 4.79 Å². The summed E-state index contributed by atoms with van der Waals surface area (Å²) in [4.78, 5) is 13.3. The first-order valence-corrected chi connectivity index (χ1v) is 8.04. The van der Waals surface area contributed by atoms with Crippen LogP contribution in [0.1, 0.15) is 10.6 Å². The molecule has 0 saturated carbocycles. The lowest BCUT2D eigenvalue weighted by Crippen LogP contribution is -2.29. The molecule has 0 aliphatic rings. The topological polar surface area (TPSA) is 81.9 Å². The number of carbonyl (C=O) groups is 1. The fraction of sp³-hybridized carbons (Fsp3) is 0.125. The summed E-state index contributed by atoms with van der Waals surface area (Å²) in [5.41, 5.74) is 0.720. The Labute approximate surface area is 146 Å². The van der Waals surface area contributed by atoms with Gasteiger partial charge in [-0.05, 0) is 41.6 Å². The van der Waals surface area contributed by atoms with Gasteiger partial charge in [0.05, 0.1) is 12.2 Å². The Hall–Kier alpha value is -2.74. The van der Waals surface area contributed by atoms with Crippen LogP contribution in [0.2, 0.25) is 0 Å². The summed E-state index contributed by atoms with van der Waals surface area (Å²) in [6.45, 7) is 0.706. The van der Waals surface area contributed by atoms with Crippen molar-refractivity contribution in [3.8, 4) is 11.4 Å². The fourth-order valence-electron chi connectivity index (χ4n) is 1.92. The van der Waals surface area contributed by atoms with Crippen LogP contribution in [0.15, 0.2) is 59.1 Å². The Bertz CT molecular complexity index is 805. The van der Waals surface area contributed by atoms with Crippen LogP contribution in [-0.2, 0) is 0 Å². The van der Waals surface area contributed by atoms with Gasteiger partial charge in [-0.15, -0.1) is 15.0 Å². The minimum atomic E-state index is -0.393. The van der Waals surface area contributed by atoms with Crippen LogP contribution in [-0.4, -0.2) is 39.3 Å². The molecule has 0 aliphatic carbocycles. The van der Waals surface area contributed by atoms with E-state index in [1.807, 2.05) is 54.6 Å². The average molecular weight is 388 g/mol. The van der Waals surface area contributed by atoms with Gasteiger partial charge >= 0.3 is 0 Å². The van der Waals surface area contributed by atoms with Crippen LogP contribution >= 0.6 is 15.9 Å². The van der Waals surface area contributed by atoms with Gasteiger partial charge in [0.25, 0.3) is 11.7 Å². The summed E-state index contributed by atoms with van der Waals surface area (Å²) in [6.07, 6.45) is 0. The maximum absolute atomic E-state index is 12.0. The molecule has 0 bridgehead atoms. The number of hydrogen-bond acceptors (Lipinski definition) is 5. The van der Waals surface area contributed by atoms with Crippen LogP contribution in [0.4, 0.5) is 0 Å². The Balaban J connectivity index is 1.51. The average Bonchev–Trinajstić information content (AvgIpc) is 3.10. The van der Waals surface area contributed by atoms with E-state index in [-0.39, 0.29) is 5.82 Å². The third-order valence-electron chi connectivity index (χ3n) is 3.07. The zero-order chi connectivity index (χ0) is 16.8. The van der Waals surface area contributed by atoms with E-state index in [0.29, 0.717) is 13.2 Å². The highest BCUT2D eigenvalue weighted by molar-refractivity contribution is 9.10. The molecule has 0 fully saturated rings. The van der Waals surface area contributed by atoms with Crippen molar-refractivity contribution >= 4 is 21.8 Å². The number of para-hydroxylation sites is 1. The van der Waals surface area contributed by atoms with E-state index < -0.39 is 5.91 Å². The van der Waals surface area contributed by atoms with Crippen molar-refractivity contribution in [1.82, 2.24) is 25.5 Å². The number of carbonyl (C=O) groups excluding carboxylic acids is 1. The molecule has 0 radical (unpaired) electrons. The number of nitrogens with zero attached hydrogens (tertiary/aromatic N) is 4. The molecule has 1 heterocycles. The molecule has 1 N–H and O–H groups in total. The molecule has 1 amide bonds. The normalized spacial score (nSPS) is 10.4. The number of benzene rings is 2. The second-order valence-corrected chi connectivity index (χ2v) is 5.71. The van der Waals surface area contributed by atoms with Gasteiger partial charge in [0, 0.05) is 4.47 Å². The SMILES string of the molecule is O=C(NCCOc1ccccc1)c1nnn(-c2ccc(Br)cc2)n1. The van der Waals surface area contributed by atoms with Crippen molar-refractivity contribution < 1.29 is 9.53 Å². The van der Waals surface area contributed by atoms with Gasteiger partial charge < -0.3 is 10.1 Å². The maximum atomic E-state index is 12.0. The van der Waals surface area contributed by atoms with Crippen molar-refractivity contribution in [2.75, 3.05) is 13.2 Å². The second-order valence-electron chi connectivity index (χ2n) is 4.80. The van der Waals surface area contributed by atoms with Gasteiger partial charge in [-0.25, -0.2) is 0 Å². The molecule has 1 aromatic heterocycles. The molecule has 7 nitrogen and oxygen atoms in total. The summed E-state index contributed by atoms with van der Waals surface area (Å²) in [6, 6.07) is 16.8. The highest BCUT2D eigenvalue weighted by atomic mass is 79.9. The van der Waals surface area contributed by atoms with Gasteiger partial charge in [0.15, 0.2) is 0 Å². The Morgan fingerprint density at radius 1 is 1.12 bits per heavy atom. The molecule has 3 rings (SSSR count). The fourth-order valence-corrected chi connectivity index (χ4v) is 2.18. The number of ether oxygens (including phenoxy) is 1. The number of tetrazole rings is 1. The zero-order valence-electron chi connectivity index (χ0n) is 12.6. The van der Waals surface area contributed by atoms with E-state index in [4.69, 9.17) is 4.74 Å². The summed E-state index contributed by atoms with van der Waals surface area (Å²) in [5.74, 6) is 0.374. The first-order valence-electron chi connectivity index (χ1n) is 7.24. The molecule has 0 spiro atoms. The van der Waals surface area contributed by atoms with Crippen LogP contribution in [0, 0.1) is 0 Å². The van der Waals surface area contributed by atoms with Crippen molar-refractivity contribution in [2.24, 2.45) is 0 Å². The van der Waals surface area contributed by atoms with E-state index in [2.05, 4.69) is 36.7 Å². The number of rotatable bonds is 6. The molecule has 0 unspecified atom stereocenters. The predicted octanol–water partition coefficient (Wildman–Crippen LogP) is 2.23. The van der Waals surface area contributed by atoms with Gasteiger partial charge in [-0.1, -0.05) is 34.1 Å². The molecular formula is C16H14BrN5O2. The number of aromatic nitrogens is 4. The number of amides is 1. The maximum Gasteiger partial charge on any atom is 0.293 e. The molecular weight excluding hydrogens is 374 g/mol. The van der Waals surface area contributed by atoms with E-state index in [1.54, 1.807) is 0 Å². The Morgan fingerprint density at radius 2 is 1.88 bits per heavy atom. The molecule has 0 saturated heterocycles. The third kappa shape index (κ3) is 4.17. The standard InChI is InChI=1S/C16H14BrN5O2/c17-12-6-8-13(9-7-12)22-20-15(19-21-22)16(23)18-10-11-24-14-4-2-1-3-5-14/h1-9H,10-11H2,(H,18,23). The van der Waals surface area contributed by atoms with Crippen LogP contribution in [0.25, 0.3) is 5.69 Å². The van der Waals surface area contributed by atoms with Gasteiger partial charge in [-0.3, -0.25) is 4.79 Å². The second kappa shape index (κ2) is 7.69. The lowest BCUT2D eigenvalue weighted by Gasteiger charge is -2.05. The predicted molar refractivity (Wildman–Crippen MR) is 91.1 cm³/mol. The molecule has 24 heavy (non-hydrogen) atoms. The van der Waals surface area contributed by atoms with Crippen LogP contribution in [0.5, 0.6) is 5.75 Å². The van der Waals surface area contributed by atoms with Crippen LogP contribution < -0.4 is 10.1 Å². The van der Waals surface area contributed by atoms with E-state index in [1.165, 1.54) is 4.80 Å². The number of hydrogen-bond donors (Lipinski definition) is 1. The first kappa shape index (κ1) is 16.1. The Morgan fingerprint density at radius 3 is 2.62 bits per heavy atom. The van der Waals surface area contributed by atoms with E-state index >= 15 is 0 Å². The van der Waals surface area contributed by atoms with Crippen molar-refractivity contribution in [1.29, 1.82) is 0 Å². The van der Waals surface area contributed by atoms with Crippen molar-refractivity contribution in [3.63, 3.8) is 0 Å². The molecule has 8 heteroatoms. The molecule has 0 atom stereocenters. The molecule has 3 aromatic rings. The van der Waals surface area contributed by atoms with Gasteiger partial charge in [0.1, 0.15) is 12.4 Å². The largest absolute Gasteiger partial charge is 0.492 e. The third-order valence-corrected chi connectivity index (χ3v) is 3.60. The lowest BCUT2D eigenvalue weighted by atomic mass is 10.3. The van der Waals surface area contributed by atoms with Crippen molar-refractivity contribution in [2.45, 2.75) is 0 Å². The highest BCUT2D eigenvalue weighted by Crippen LogP contribution is 2.12. The van der Waals surface area contributed by atoms with Crippen LogP contribution in [0.3, 0.4) is 0 Å². The lowest BCUT2D eigenvalue weighted by molar-refractivity contribution is 0.0936. The summed E-state index contributed by atoms with van der Waals surface area (Å²) < 4.78 is 6.44. The van der Waals surface area contributed by atoms with Crippen molar-refractivity contribution in [3.05, 3.63) is 64.9 Å². The molecule has 2 aromatic carbocycles. The summed E-state index contributed by atoms with van der Waals surface area (Å²) in [5, 5.41) is 14.4. The van der Waals surface area contributed by atoms with Gasteiger partial charge in [0.2, 0.25) is 0 Å².